The lowest BCUT2D eigenvalue weighted by Crippen LogP contribution is -2.35. The van der Waals surface area contributed by atoms with Crippen molar-refractivity contribution in [3.8, 4) is 0 Å². The Labute approximate surface area is 141 Å². The maximum absolute atomic E-state index is 12.5. The highest BCUT2D eigenvalue weighted by Crippen LogP contribution is 2.30. The van der Waals surface area contributed by atoms with E-state index in [1.165, 1.54) is 11.3 Å². The maximum atomic E-state index is 12.5. The van der Waals surface area contributed by atoms with E-state index in [1.807, 2.05) is 18.2 Å². The summed E-state index contributed by atoms with van der Waals surface area (Å²) >= 11 is 1.37. The summed E-state index contributed by atoms with van der Waals surface area (Å²) in [5, 5.41) is 5.71. The average Bonchev–Trinajstić information content (AvgIpc) is 3.26. The van der Waals surface area contributed by atoms with E-state index in [2.05, 4.69) is 20.3 Å². The first-order valence-corrected chi connectivity index (χ1v) is 8.56. The van der Waals surface area contributed by atoms with Gasteiger partial charge in [-0.05, 0) is 25.0 Å². The van der Waals surface area contributed by atoms with Crippen molar-refractivity contribution in [3.63, 3.8) is 0 Å². The topological polar surface area (TPSA) is 91.0 Å². The number of thiazole rings is 1. The number of hydrogen-bond donors (Lipinski definition) is 2. The van der Waals surface area contributed by atoms with Crippen LogP contribution in [0, 0.1) is 0 Å². The van der Waals surface area contributed by atoms with Crippen molar-refractivity contribution in [1.82, 2.24) is 19.9 Å². The number of urea groups is 1. The van der Waals surface area contributed by atoms with E-state index in [9.17, 15) is 9.59 Å². The van der Waals surface area contributed by atoms with Gasteiger partial charge in [0.25, 0.3) is 5.56 Å². The van der Waals surface area contributed by atoms with Crippen LogP contribution in [0.4, 0.5) is 9.93 Å². The molecule has 1 aliphatic heterocycles. The van der Waals surface area contributed by atoms with Gasteiger partial charge in [-0.3, -0.25) is 10.1 Å². The van der Waals surface area contributed by atoms with Crippen LogP contribution in [0.5, 0.6) is 0 Å². The van der Waals surface area contributed by atoms with Crippen molar-refractivity contribution in [2.45, 2.75) is 18.9 Å². The molecular formula is C16H15N5O2S. The Morgan fingerprint density at radius 2 is 2.25 bits per heavy atom. The molecule has 1 saturated heterocycles. The molecule has 0 bridgehead atoms. The summed E-state index contributed by atoms with van der Waals surface area (Å²) in [6.07, 6.45) is 3.28. The number of nitrogens with zero attached hydrogens (tertiary/aromatic N) is 3. The standard InChI is InChI=1S/C16H15N5O2S/c22-14-10-4-1-2-5-11(10)18-13(19-14)12-6-3-8-21(12)16(23)20-15-17-7-9-24-15/h1-2,4-5,7,9,12H,3,6,8H2,(H,17,20,23)(H,18,19,22). The number of anilines is 1. The summed E-state index contributed by atoms with van der Waals surface area (Å²) < 4.78 is 0. The number of aromatic nitrogens is 3. The zero-order chi connectivity index (χ0) is 16.5. The second-order valence-corrected chi connectivity index (χ2v) is 6.48. The Kier molecular flexibility index (Phi) is 3.73. The number of fused-ring (bicyclic) bond motifs is 1. The van der Waals surface area contributed by atoms with E-state index >= 15 is 0 Å². The SMILES string of the molecule is O=C(Nc1nccs1)N1CCCC1c1nc2ccccc2c(=O)[nH]1. The number of hydrogen-bond acceptors (Lipinski definition) is 5. The summed E-state index contributed by atoms with van der Waals surface area (Å²) in [6, 6.07) is 6.75. The fourth-order valence-corrected chi connectivity index (χ4v) is 3.52. The summed E-state index contributed by atoms with van der Waals surface area (Å²) in [7, 11) is 0. The lowest BCUT2D eigenvalue weighted by molar-refractivity contribution is 0.205. The van der Waals surface area contributed by atoms with Crippen LogP contribution >= 0.6 is 11.3 Å². The number of para-hydroxylation sites is 1. The number of nitrogens with one attached hydrogen (secondary N) is 2. The molecule has 0 saturated carbocycles. The Bertz CT molecular complexity index is 937. The molecular weight excluding hydrogens is 326 g/mol. The van der Waals surface area contributed by atoms with Crippen molar-refractivity contribution in [2.24, 2.45) is 0 Å². The van der Waals surface area contributed by atoms with Crippen molar-refractivity contribution >= 4 is 33.4 Å². The molecule has 0 spiro atoms. The summed E-state index contributed by atoms with van der Waals surface area (Å²) in [6.45, 7) is 0.623. The van der Waals surface area contributed by atoms with Crippen molar-refractivity contribution < 1.29 is 4.79 Å². The Hall–Kier alpha value is -2.74. The van der Waals surface area contributed by atoms with Gasteiger partial charge in [0.05, 0.1) is 16.9 Å². The highest BCUT2D eigenvalue weighted by atomic mass is 32.1. The second kappa shape index (κ2) is 6.04. The molecule has 122 valence electrons. The molecule has 1 aromatic carbocycles. The molecule has 8 heteroatoms. The van der Waals surface area contributed by atoms with Gasteiger partial charge in [-0.15, -0.1) is 11.3 Å². The molecule has 1 atom stereocenters. The highest BCUT2D eigenvalue weighted by Gasteiger charge is 2.32. The molecule has 2 N–H and O–H groups in total. The van der Waals surface area contributed by atoms with Gasteiger partial charge in [-0.25, -0.2) is 14.8 Å². The third-order valence-corrected chi connectivity index (χ3v) is 4.80. The normalized spacial score (nSPS) is 17.3. The fourth-order valence-electron chi connectivity index (χ4n) is 3.00. The number of aromatic amines is 1. The third-order valence-electron chi connectivity index (χ3n) is 4.11. The van der Waals surface area contributed by atoms with E-state index < -0.39 is 0 Å². The van der Waals surface area contributed by atoms with Crippen LogP contribution in [0.1, 0.15) is 24.7 Å². The van der Waals surface area contributed by atoms with Gasteiger partial charge in [0.2, 0.25) is 0 Å². The van der Waals surface area contributed by atoms with Crippen LogP contribution in [0.3, 0.4) is 0 Å². The molecule has 1 fully saturated rings. The Morgan fingerprint density at radius 1 is 1.38 bits per heavy atom. The number of amides is 2. The van der Waals surface area contributed by atoms with E-state index in [0.717, 1.165) is 12.8 Å². The van der Waals surface area contributed by atoms with E-state index in [-0.39, 0.29) is 17.6 Å². The predicted octanol–water partition coefficient (Wildman–Crippen LogP) is 2.75. The number of carbonyl (C=O) groups excluding carboxylic acids is 1. The quantitative estimate of drug-likeness (QED) is 0.750. The Balaban J connectivity index is 1.65. The van der Waals surface area contributed by atoms with E-state index in [0.29, 0.717) is 28.4 Å². The van der Waals surface area contributed by atoms with Crippen LogP contribution in [0.15, 0.2) is 40.6 Å². The van der Waals surface area contributed by atoms with E-state index in [4.69, 9.17) is 0 Å². The van der Waals surface area contributed by atoms with E-state index in [1.54, 1.807) is 22.5 Å². The molecule has 24 heavy (non-hydrogen) atoms. The van der Waals surface area contributed by atoms with Gasteiger partial charge in [-0.1, -0.05) is 12.1 Å². The van der Waals surface area contributed by atoms with Crippen LogP contribution in [0.2, 0.25) is 0 Å². The Morgan fingerprint density at radius 3 is 3.08 bits per heavy atom. The molecule has 2 amide bonds. The number of benzene rings is 1. The van der Waals surface area contributed by atoms with Gasteiger partial charge in [0, 0.05) is 18.1 Å². The first-order chi connectivity index (χ1) is 11.7. The minimum atomic E-state index is -0.234. The van der Waals surface area contributed by atoms with Crippen LogP contribution < -0.4 is 10.9 Å². The summed E-state index contributed by atoms with van der Waals surface area (Å²) in [4.78, 5) is 37.9. The molecule has 1 aliphatic rings. The number of likely N-dealkylation sites (tertiary alicyclic amines) is 1. The number of H-pyrrole nitrogens is 1. The first-order valence-electron chi connectivity index (χ1n) is 7.68. The predicted molar refractivity (Wildman–Crippen MR) is 92.2 cm³/mol. The molecule has 0 aliphatic carbocycles. The molecule has 7 nitrogen and oxygen atoms in total. The molecule has 1 unspecified atom stereocenters. The second-order valence-electron chi connectivity index (χ2n) is 5.59. The molecule has 3 heterocycles. The van der Waals surface area contributed by atoms with Crippen molar-refractivity contribution in [1.29, 1.82) is 0 Å². The average molecular weight is 341 g/mol. The van der Waals surface area contributed by atoms with Crippen molar-refractivity contribution in [3.05, 3.63) is 52.0 Å². The highest BCUT2D eigenvalue weighted by molar-refractivity contribution is 7.13. The van der Waals surface area contributed by atoms with Crippen LogP contribution in [-0.2, 0) is 0 Å². The van der Waals surface area contributed by atoms with Crippen LogP contribution in [0.25, 0.3) is 10.9 Å². The first kappa shape index (κ1) is 14.8. The lowest BCUT2D eigenvalue weighted by atomic mass is 10.2. The fraction of sp³-hybridized carbons (Fsp3) is 0.250. The van der Waals surface area contributed by atoms with Gasteiger partial charge < -0.3 is 9.88 Å². The summed E-state index contributed by atoms with van der Waals surface area (Å²) in [5.74, 6) is 0.533. The number of carbonyl (C=O) groups is 1. The monoisotopic (exact) mass is 341 g/mol. The zero-order valence-corrected chi connectivity index (χ0v) is 13.5. The smallest absolute Gasteiger partial charge is 0.314 e. The van der Waals surface area contributed by atoms with Crippen molar-refractivity contribution in [2.75, 3.05) is 11.9 Å². The minimum Gasteiger partial charge on any atom is -0.314 e. The lowest BCUT2D eigenvalue weighted by Gasteiger charge is -2.23. The van der Waals surface area contributed by atoms with Gasteiger partial charge >= 0.3 is 6.03 Å². The van der Waals surface area contributed by atoms with Gasteiger partial charge in [0.15, 0.2) is 5.13 Å². The minimum absolute atomic E-state index is 0.178. The summed E-state index contributed by atoms with van der Waals surface area (Å²) in [5.41, 5.74) is 0.464. The van der Waals surface area contributed by atoms with Gasteiger partial charge in [0.1, 0.15) is 5.82 Å². The van der Waals surface area contributed by atoms with Crippen LogP contribution in [-0.4, -0.2) is 32.4 Å². The van der Waals surface area contributed by atoms with Gasteiger partial charge in [-0.2, -0.15) is 0 Å². The molecule has 4 rings (SSSR count). The largest absolute Gasteiger partial charge is 0.324 e. The molecule has 0 radical (unpaired) electrons. The maximum Gasteiger partial charge on any atom is 0.324 e. The number of rotatable bonds is 2. The zero-order valence-electron chi connectivity index (χ0n) is 12.7. The third kappa shape index (κ3) is 2.65. The molecule has 3 aromatic rings. The molecule has 2 aromatic heterocycles.